The van der Waals surface area contributed by atoms with Crippen molar-refractivity contribution in [1.29, 1.82) is 0 Å². The number of nitrogens with one attached hydrogen (secondary N) is 1. The Morgan fingerprint density at radius 3 is 2.73 bits per heavy atom. The largest absolute Gasteiger partial charge is 0.453 e. The number of alkyl halides is 3. The molecule has 0 unspecified atom stereocenters. The SMILES string of the molecule is O=C(Nc1cccc(F)c1)c1nn2c(C(F)(F)F)nnc2s1. The fourth-order valence-corrected chi connectivity index (χ4v) is 2.37. The van der Waals surface area contributed by atoms with Gasteiger partial charge in [-0.1, -0.05) is 17.4 Å². The van der Waals surface area contributed by atoms with Gasteiger partial charge in [-0.15, -0.1) is 15.3 Å². The van der Waals surface area contributed by atoms with Gasteiger partial charge in [0, 0.05) is 5.69 Å². The fraction of sp³-hybridized carbons (Fsp3) is 0.0909. The first-order chi connectivity index (χ1) is 10.3. The quantitative estimate of drug-likeness (QED) is 0.733. The molecule has 0 radical (unpaired) electrons. The number of anilines is 1. The van der Waals surface area contributed by atoms with Crippen LogP contribution in [0.2, 0.25) is 0 Å². The van der Waals surface area contributed by atoms with Gasteiger partial charge in [-0.2, -0.15) is 17.7 Å². The van der Waals surface area contributed by atoms with E-state index in [0.717, 1.165) is 6.07 Å². The van der Waals surface area contributed by atoms with Crippen LogP contribution in [0.3, 0.4) is 0 Å². The highest BCUT2D eigenvalue weighted by Gasteiger charge is 2.38. The zero-order chi connectivity index (χ0) is 15.9. The molecule has 0 bridgehead atoms. The lowest BCUT2D eigenvalue weighted by molar-refractivity contribution is -0.146. The van der Waals surface area contributed by atoms with Gasteiger partial charge in [0.1, 0.15) is 5.82 Å². The summed E-state index contributed by atoms with van der Waals surface area (Å²) in [6.45, 7) is 0. The van der Waals surface area contributed by atoms with Crippen LogP contribution in [0.4, 0.5) is 23.2 Å². The van der Waals surface area contributed by atoms with Crippen LogP contribution >= 0.6 is 11.3 Å². The second-order valence-electron chi connectivity index (χ2n) is 4.09. The lowest BCUT2D eigenvalue weighted by Gasteiger charge is -2.02. The van der Waals surface area contributed by atoms with Crippen LogP contribution in [-0.4, -0.2) is 25.7 Å². The summed E-state index contributed by atoms with van der Waals surface area (Å²) in [5.41, 5.74) is 0.159. The van der Waals surface area contributed by atoms with Crippen LogP contribution in [0.15, 0.2) is 24.3 Å². The maximum atomic E-state index is 13.0. The summed E-state index contributed by atoms with van der Waals surface area (Å²) in [5, 5.41) is 11.9. The highest BCUT2D eigenvalue weighted by Crippen LogP contribution is 2.29. The molecular formula is C11H5F4N5OS. The normalized spacial score (nSPS) is 11.8. The Bertz CT molecular complexity index is 856. The number of carbonyl (C=O) groups is 1. The van der Waals surface area contributed by atoms with E-state index in [9.17, 15) is 22.4 Å². The molecule has 22 heavy (non-hydrogen) atoms. The van der Waals surface area contributed by atoms with Crippen LogP contribution in [0.5, 0.6) is 0 Å². The molecule has 3 rings (SSSR count). The molecule has 0 atom stereocenters. The predicted octanol–water partition coefficient (Wildman–Crippen LogP) is 2.60. The third-order valence-corrected chi connectivity index (χ3v) is 3.42. The average Bonchev–Trinajstić information content (AvgIpc) is 2.96. The summed E-state index contributed by atoms with van der Waals surface area (Å²) < 4.78 is 51.4. The second-order valence-corrected chi connectivity index (χ2v) is 5.04. The Morgan fingerprint density at radius 1 is 1.27 bits per heavy atom. The number of nitrogens with zero attached hydrogens (tertiary/aromatic N) is 4. The Morgan fingerprint density at radius 2 is 2.05 bits per heavy atom. The number of aromatic nitrogens is 4. The van der Waals surface area contributed by atoms with Gasteiger partial charge in [-0.25, -0.2) is 4.39 Å². The van der Waals surface area contributed by atoms with Gasteiger partial charge in [-0.05, 0) is 18.2 Å². The molecule has 1 aromatic carbocycles. The zero-order valence-corrected chi connectivity index (χ0v) is 11.2. The molecule has 0 aliphatic rings. The van der Waals surface area contributed by atoms with Gasteiger partial charge < -0.3 is 5.32 Å². The molecule has 1 N–H and O–H groups in total. The number of amides is 1. The van der Waals surface area contributed by atoms with Crippen LogP contribution in [0.25, 0.3) is 4.96 Å². The van der Waals surface area contributed by atoms with E-state index >= 15 is 0 Å². The van der Waals surface area contributed by atoms with Crippen molar-refractivity contribution in [3.8, 4) is 0 Å². The lowest BCUT2D eigenvalue weighted by Crippen LogP contribution is -2.14. The second kappa shape index (κ2) is 5.02. The van der Waals surface area contributed by atoms with Gasteiger partial charge in [0.2, 0.25) is 9.97 Å². The summed E-state index contributed by atoms with van der Waals surface area (Å²) >= 11 is 0.638. The molecule has 2 heterocycles. The third kappa shape index (κ3) is 2.62. The average molecular weight is 331 g/mol. The van der Waals surface area contributed by atoms with Crippen molar-refractivity contribution in [2.24, 2.45) is 0 Å². The van der Waals surface area contributed by atoms with Crippen LogP contribution in [-0.2, 0) is 6.18 Å². The summed E-state index contributed by atoms with van der Waals surface area (Å²) in [6.07, 6.45) is -4.73. The van der Waals surface area contributed by atoms with Crippen molar-refractivity contribution in [3.63, 3.8) is 0 Å². The molecule has 0 fully saturated rings. The Kier molecular flexibility index (Phi) is 3.28. The number of halogens is 4. The highest BCUT2D eigenvalue weighted by molar-refractivity contribution is 7.18. The molecule has 1 amide bonds. The van der Waals surface area contributed by atoms with E-state index in [1.54, 1.807) is 0 Å². The van der Waals surface area contributed by atoms with Crippen molar-refractivity contribution in [1.82, 2.24) is 19.8 Å². The smallest absolute Gasteiger partial charge is 0.320 e. The maximum Gasteiger partial charge on any atom is 0.453 e. The van der Waals surface area contributed by atoms with Gasteiger partial charge in [0.05, 0.1) is 0 Å². The molecule has 2 aromatic heterocycles. The van der Waals surface area contributed by atoms with E-state index in [0.29, 0.717) is 15.9 Å². The summed E-state index contributed by atoms with van der Waals surface area (Å²) in [6, 6.07) is 5.07. The minimum Gasteiger partial charge on any atom is -0.320 e. The van der Waals surface area contributed by atoms with Gasteiger partial charge in [0.25, 0.3) is 11.7 Å². The topological polar surface area (TPSA) is 72.2 Å². The lowest BCUT2D eigenvalue weighted by atomic mass is 10.3. The number of hydrogen-bond donors (Lipinski definition) is 1. The number of hydrogen-bond acceptors (Lipinski definition) is 5. The molecule has 114 valence electrons. The minimum atomic E-state index is -4.73. The van der Waals surface area contributed by atoms with E-state index in [2.05, 4.69) is 20.6 Å². The minimum absolute atomic E-state index is 0.159. The predicted molar refractivity (Wildman–Crippen MR) is 68.0 cm³/mol. The molecular weight excluding hydrogens is 326 g/mol. The molecule has 11 heteroatoms. The monoisotopic (exact) mass is 331 g/mol. The van der Waals surface area contributed by atoms with Crippen LogP contribution in [0, 0.1) is 5.82 Å². The van der Waals surface area contributed by atoms with E-state index in [1.807, 2.05) is 0 Å². The summed E-state index contributed by atoms with van der Waals surface area (Å²) in [5.74, 6) is -2.65. The maximum absolute atomic E-state index is 13.0. The first-order valence-electron chi connectivity index (χ1n) is 5.71. The number of benzene rings is 1. The van der Waals surface area contributed by atoms with E-state index < -0.39 is 23.7 Å². The van der Waals surface area contributed by atoms with Crippen LogP contribution in [0.1, 0.15) is 15.6 Å². The van der Waals surface area contributed by atoms with Crippen molar-refractivity contribution in [2.75, 3.05) is 5.32 Å². The van der Waals surface area contributed by atoms with Crippen molar-refractivity contribution >= 4 is 27.9 Å². The highest BCUT2D eigenvalue weighted by atomic mass is 32.1. The molecule has 0 aliphatic carbocycles. The number of carbonyl (C=O) groups excluding carboxylic acids is 1. The van der Waals surface area contributed by atoms with Gasteiger partial charge >= 0.3 is 6.18 Å². The first kappa shape index (κ1) is 14.4. The Balaban J connectivity index is 1.90. The van der Waals surface area contributed by atoms with E-state index in [-0.39, 0.29) is 15.7 Å². The molecule has 0 saturated heterocycles. The standard InChI is InChI=1S/C11H5F4N5OS/c12-5-2-1-3-6(4-5)16-7(21)8-19-20-9(11(13,14)15)17-18-10(20)22-8/h1-4H,(H,16,21). The molecule has 3 aromatic rings. The first-order valence-corrected chi connectivity index (χ1v) is 6.52. The Labute approximate surface area is 123 Å². The van der Waals surface area contributed by atoms with Crippen molar-refractivity contribution < 1.29 is 22.4 Å². The number of fused-ring (bicyclic) bond motifs is 1. The zero-order valence-electron chi connectivity index (χ0n) is 10.4. The van der Waals surface area contributed by atoms with E-state index in [1.165, 1.54) is 18.2 Å². The van der Waals surface area contributed by atoms with E-state index in [4.69, 9.17) is 0 Å². The molecule has 6 nitrogen and oxygen atoms in total. The summed E-state index contributed by atoms with van der Waals surface area (Å²) in [4.78, 5) is 11.8. The third-order valence-electron chi connectivity index (χ3n) is 2.52. The summed E-state index contributed by atoms with van der Waals surface area (Å²) in [7, 11) is 0. The van der Waals surface area contributed by atoms with Crippen molar-refractivity contribution in [2.45, 2.75) is 6.18 Å². The fourth-order valence-electron chi connectivity index (χ4n) is 1.64. The molecule has 0 spiro atoms. The molecule has 0 saturated carbocycles. The van der Waals surface area contributed by atoms with Crippen molar-refractivity contribution in [3.05, 3.63) is 40.9 Å². The number of rotatable bonds is 2. The Hall–Kier alpha value is -2.56. The van der Waals surface area contributed by atoms with Crippen LogP contribution < -0.4 is 5.32 Å². The van der Waals surface area contributed by atoms with Gasteiger partial charge in [0.15, 0.2) is 0 Å². The molecule has 0 aliphatic heterocycles. The van der Waals surface area contributed by atoms with Gasteiger partial charge in [-0.3, -0.25) is 4.79 Å².